The van der Waals surface area contributed by atoms with E-state index < -0.39 is 6.10 Å². The van der Waals surface area contributed by atoms with Gasteiger partial charge in [0.1, 0.15) is 24.3 Å². The Labute approximate surface area is 208 Å². The molecule has 1 aromatic carbocycles. The summed E-state index contributed by atoms with van der Waals surface area (Å²) in [6.07, 6.45) is 4.17. The van der Waals surface area contributed by atoms with E-state index in [0.29, 0.717) is 18.2 Å². The Bertz CT molecular complexity index is 985. The molecule has 35 heavy (non-hydrogen) atoms. The van der Waals surface area contributed by atoms with Crippen LogP contribution in [0.4, 0.5) is 5.82 Å². The first-order valence-corrected chi connectivity index (χ1v) is 13.1. The molecule has 2 atom stereocenters. The largest absolute Gasteiger partial charge is 0.491 e. The lowest BCUT2D eigenvalue weighted by atomic mass is 9.99. The lowest BCUT2D eigenvalue weighted by Gasteiger charge is -2.36. The summed E-state index contributed by atoms with van der Waals surface area (Å²) in [5, 5.41) is 13.0. The van der Waals surface area contributed by atoms with Gasteiger partial charge in [-0.3, -0.25) is 4.90 Å². The van der Waals surface area contributed by atoms with Crippen LogP contribution in [0.15, 0.2) is 24.3 Å². The molecule has 0 radical (unpaired) electrons. The number of likely N-dealkylation sites (N-methyl/N-ethyl adjacent to an activating group) is 1. The SMILES string of the molecule is CNCC(O)COc1cccc(-c2nc(C[C@@H]3CCOC3)c(C)c(N3CCN(C4CC4)CC3)n2)c1. The molecule has 2 saturated heterocycles. The zero-order chi connectivity index (χ0) is 24.2. The second kappa shape index (κ2) is 11.2. The highest BCUT2D eigenvalue weighted by Crippen LogP contribution is 2.32. The monoisotopic (exact) mass is 481 g/mol. The summed E-state index contributed by atoms with van der Waals surface area (Å²) in [5.74, 6) is 3.03. The van der Waals surface area contributed by atoms with E-state index in [9.17, 15) is 5.11 Å². The van der Waals surface area contributed by atoms with Crippen LogP contribution in [-0.4, -0.2) is 91.7 Å². The minimum absolute atomic E-state index is 0.239. The van der Waals surface area contributed by atoms with E-state index >= 15 is 0 Å². The molecule has 8 nitrogen and oxygen atoms in total. The molecule has 1 saturated carbocycles. The van der Waals surface area contributed by atoms with E-state index in [1.165, 1.54) is 18.4 Å². The summed E-state index contributed by atoms with van der Waals surface area (Å²) in [6.45, 7) is 8.79. The van der Waals surface area contributed by atoms with Crippen molar-refractivity contribution < 1.29 is 14.6 Å². The van der Waals surface area contributed by atoms with Gasteiger partial charge in [-0.2, -0.15) is 0 Å². The Hall–Kier alpha value is -2.26. The molecule has 1 unspecified atom stereocenters. The predicted octanol–water partition coefficient (Wildman–Crippen LogP) is 2.27. The number of hydrogen-bond donors (Lipinski definition) is 2. The Balaban J connectivity index is 1.40. The number of anilines is 1. The highest BCUT2D eigenvalue weighted by Gasteiger charge is 2.32. The summed E-state index contributed by atoms with van der Waals surface area (Å²) in [7, 11) is 1.82. The van der Waals surface area contributed by atoms with Crippen molar-refractivity contribution in [3.05, 3.63) is 35.5 Å². The number of aliphatic hydroxyl groups excluding tert-OH is 1. The molecule has 3 aliphatic rings. The normalized spacial score (nSPS) is 21.9. The molecule has 1 aromatic heterocycles. The number of aromatic nitrogens is 2. The van der Waals surface area contributed by atoms with Crippen LogP contribution in [0.1, 0.15) is 30.5 Å². The van der Waals surface area contributed by atoms with E-state index in [1.54, 1.807) is 0 Å². The van der Waals surface area contributed by atoms with Gasteiger partial charge in [0, 0.05) is 68.8 Å². The van der Waals surface area contributed by atoms with Gasteiger partial charge in [-0.1, -0.05) is 12.1 Å². The van der Waals surface area contributed by atoms with Crippen LogP contribution in [-0.2, 0) is 11.2 Å². The number of rotatable bonds is 10. The van der Waals surface area contributed by atoms with Crippen LogP contribution in [0, 0.1) is 12.8 Å². The number of benzene rings is 1. The fourth-order valence-corrected chi connectivity index (χ4v) is 5.15. The summed E-state index contributed by atoms with van der Waals surface area (Å²) < 4.78 is 11.5. The van der Waals surface area contributed by atoms with Gasteiger partial charge in [0.05, 0.1) is 0 Å². The lowest BCUT2D eigenvalue weighted by Crippen LogP contribution is -2.47. The van der Waals surface area contributed by atoms with E-state index in [2.05, 4.69) is 22.0 Å². The van der Waals surface area contributed by atoms with Crippen LogP contribution in [0.25, 0.3) is 11.4 Å². The van der Waals surface area contributed by atoms with Crippen LogP contribution >= 0.6 is 0 Å². The van der Waals surface area contributed by atoms with Crippen molar-refractivity contribution in [1.82, 2.24) is 20.2 Å². The quantitative estimate of drug-likeness (QED) is 0.535. The molecule has 0 spiro atoms. The molecule has 8 heteroatoms. The lowest BCUT2D eigenvalue weighted by molar-refractivity contribution is 0.108. The first-order chi connectivity index (χ1) is 17.1. The van der Waals surface area contributed by atoms with Crippen molar-refractivity contribution in [2.45, 2.75) is 44.8 Å². The zero-order valence-electron chi connectivity index (χ0n) is 21.1. The minimum Gasteiger partial charge on any atom is -0.491 e. The highest BCUT2D eigenvalue weighted by molar-refractivity contribution is 5.62. The fourth-order valence-electron chi connectivity index (χ4n) is 5.15. The third-order valence-corrected chi connectivity index (χ3v) is 7.38. The number of ether oxygens (including phenoxy) is 2. The predicted molar refractivity (Wildman–Crippen MR) is 137 cm³/mol. The van der Waals surface area contributed by atoms with E-state index in [4.69, 9.17) is 19.4 Å². The Kier molecular flexibility index (Phi) is 7.82. The minimum atomic E-state index is -0.555. The molecule has 2 aliphatic heterocycles. The molecule has 2 aromatic rings. The van der Waals surface area contributed by atoms with E-state index in [0.717, 1.165) is 81.2 Å². The molecule has 0 bridgehead atoms. The first-order valence-electron chi connectivity index (χ1n) is 13.1. The Morgan fingerprint density at radius 3 is 2.71 bits per heavy atom. The smallest absolute Gasteiger partial charge is 0.161 e. The number of aliphatic hydroxyl groups is 1. The molecular weight excluding hydrogens is 442 g/mol. The van der Waals surface area contributed by atoms with E-state index in [-0.39, 0.29) is 6.61 Å². The van der Waals surface area contributed by atoms with Crippen LogP contribution < -0.4 is 15.0 Å². The number of hydrogen-bond acceptors (Lipinski definition) is 8. The zero-order valence-corrected chi connectivity index (χ0v) is 21.1. The standard InChI is InChI=1S/C27H39N5O3/c1-19-25(14-20-8-13-34-17-20)29-26(21-4-3-5-24(15-21)35-18-23(33)16-28-2)30-27(19)32-11-9-31(10-12-32)22-6-7-22/h3-5,15,20,22-23,28,33H,6-14,16-18H2,1-2H3/t20-,23?/m0/s1. The summed E-state index contributed by atoms with van der Waals surface area (Å²) in [6, 6.07) is 8.72. The molecule has 3 fully saturated rings. The van der Waals surface area contributed by atoms with Gasteiger partial charge in [-0.15, -0.1) is 0 Å². The molecule has 0 amide bonds. The van der Waals surface area contributed by atoms with Crippen molar-refractivity contribution in [1.29, 1.82) is 0 Å². The second-order valence-electron chi connectivity index (χ2n) is 10.2. The number of piperazine rings is 1. The van der Waals surface area contributed by atoms with Crippen molar-refractivity contribution in [2.75, 3.05) is 64.5 Å². The van der Waals surface area contributed by atoms with Gasteiger partial charge in [-0.05, 0) is 57.7 Å². The topological polar surface area (TPSA) is 83.0 Å². The van der Waals surface area contributed by atoms with E-state index in [1.807, 2.05) is 31.3 Å². The van der Waals surface area contributed by atoms with Crippen molar-refractivity contribution >= 4 is 5.82 Å². The van der Waals surface area contributed by atoms with Gasteiger partial charge in [0.15, 0.2) is 5.82 Å². The molecule has 1 aliphatic carbocycles. The third-order valence-electron chi connectivity index (χ3n) is 7.38. The molecule has 190 valence electrons. The average Bonchev–Trinajstić information content (AvgIpc) is 3.61. The number of nitrogens with one attached hydrogen (secondary N) is 1. The van der Waals surface area contributed by atoms with Gasteiger partial charge in [0.25, 0.3) is 0 Å². The average molecular weight is 482 g/mol. The number of nitrogens with zero attached hydrogens (tertiary/aromatic N) is 4. The van der Waals surface area contributed by atoms with Crippen LogP contribution in [0.5, 0.6) is 5.75 Å². The van der Waals surface area contributed by atoms with Gasteiger partial charge in [0.2, 0.25) is 0 Å². The van der Waals surface area contributed by atoms with Crippen molar-refractivity contribution in [3.63, 3.8) is 0 Å². The summed E-state index contributed by atoms with van der Waals surface area (Å²) in [5.41, 5.74) is 3.26. The van der Waals surface area contributed by atoms with Gasteiger partial charge < -0.3 is 24.8 Å². The van der Waals surface area contributed by atoms with Gasteiger partial charge in [-0.25, -0.2) is 9.97 Å². The fraction of sp³-hybridized carbons (Fsp3) is 0.630. The first kappa shape index (κ1) is 24.4. The van der Waals surface area contributed by atoms with Crippen molar-refractivity contribution in [3.8, 4) is 17.1 Å². The maximum absolute atomic E-state index is 10.0. The molecular formula is C27H39N5O3. The van der Waals surface area contributed by atoms with Crippen LogP contribution in [0.3, 0.4) is 0 Å². The summed E-state index contributed by atoms with van der Waals surface area (Å²) >= 11 is 0. The molecule has 5 rings (SSSR count). The van der Waals surface area contributed by atoms with Crippen LogP contribution in [0.2, 0.25) is 0 Å². The maximum atomic E-state index is 10.0. The highest BCUT2D eigenvalue weighted by atomic mass is 16.5. The maximum Gasteiger partial charge on any atom is 0.161 e. The van der Waals surface area contributed by atoms with Crippen molar-refractivity contribution in [2.24, 2.45) is 5.92 Å². The van der Waals surface area contributed by atoms with Gasteiger partial charge >= 0.3 is 0 Å². The summed E-state index contributed by atoms with van der Waals surface area (Å²) in [4.78, 5) is 15.2. The third kappa shape index (κ3) is 6.12. The molecule has 3 heterocycles. The Morgan fingerprint density at radius 1 is 1.17 bits per heavy atom. The Morgan fingerprint density at radius 2 is 2.00 bits per heavy atom. The molecule has 2 N–H and O–H groups in total. The second-order valence-corrected chi connectivity index (χ2v) is 10.2.